The van der Waals surface area contributed by atoms with Crippen molar-refractivity contribution in [1.29, 1.82) is 0 Å². The van der Waals surface area contributed by atoms with Gasteiger partial charge < -0.3 is 5.32 Å². The van der Waals surface area contributed by atoms with E-state index in [1.807, 2.05) is 12.1 Å². The maximum Gasteiger partial charge on any atom is 0.321 e. The average Bonchev–Trinajstić information content (AvgIpc) is 3.34. The van der Waals surface area contributed by atoms with Crippen LogP contribution in [-0.2, 0) is 11.8 Å². The highest BCUT2D eigenvalue weighted by molar-refractivity contribution is 7.99. The molecule has 1 fully saturated rings. The smallest absolute Gasteiger partial charge is 0.321 e. The van der Waals surface area contributed by atoms with E-state index in [-0.39, 0.29) is 17.4 Å². The molecule has 0 saturated heterocycles. The summed E-state index contributed by atoms with van der Waals surface area (Å²) in [6, 6.07) is 6.86. The number of hydrogen-bond donors (Lipinski definition) is 2. The predicted octanol–water partition coefficient (Wildman–Crippen LogP) is 1.44. The number of aryl methyl sites for hydroxylation is 1. The van der Waals surface area contributed by atoms with E-state index in [4.69, 9.17) is 0 Å². The van der Waals surface area contributed by atoms with Gasteiger partial charge in [0.15, 0.2) is 5.16 Å². The summed E-state index contributed by atoms with van der Waals surface area (Å²) in [5.74, 6) is -0.00674. The number of carbonyl (C=O) groups excluding carboxylic acids is 2. The Labute approximate surface area is 164 Å². The molecule has 1 aliphatic rings. The Morgan fingerprint density at radius 3 is 2.75 bits per heavy atom. The van der Waals surface area contributed by atoms with Crippen LogP contribution < -0.4 is 16.2 Å². The summed E-state index contributed by atoms with van der Waals surface area (Å²) in [7, 11) is 1.63. The zero-order valence-electron chi connectivity index (χ0n) is 15.3. The van der Waals surface area contributed by atoms with Gasteiger partial charge in [-0.3, -0.25) is 23.9 Å². The van der Waals surface area contributed by atoms with Crippen molar-refractivity contribution >= 4 is 40.4 Å². The summed E-state index contributed by atoms with van der Waals surface area (Å²) in [6.45, 7) is 0. The Hall–Kier alpha value is -2.88. The van der Waals surface area contributed by atoms with E-state index >= 15 is 0 Å². The molecule has 2 N–H and O–H groups in total. The SMILES string of the molecule is Cn1c(=O)c2ccccc2n2c(SCC(=O)NC(=O)NC3CCCC3)nnc12. The third-order valence-electron chi connectivity index (χ3n) is 4.87. The molecule has 3 aromatic rings. The molecule has 146 valence electrons. The third-order valence-corrected chi connectivity index (χ3v) is 5.80. The van der Waals surface area contributed by atoms with Crippen LogP contribution in [0.25, 0.3) is 16.7 Å². The quantitative estimate of drug-likeness (QED) is 0.641. The van der Waals surface area contributed by atoms with Crippen LogP contribution in [0.4, 0.5) is 4.79 Å². The number of aromatic nitrogens is 4. The number of nitrogens with zero attached hydrogens (tertiary/aromatic N) is 4. The Morgan fingerprint density at radius 1 is 1.21 bits per heavy atom. The number of rotatable bonds is 4. The number of para-hydroxylation sites is 1. The maximum absolute atomic E-state index is 12.4. The van der Waals surface area contributed by atoms with Crippen molar-refractivity contribution in [1.82, 2.24) is 29.8 Å². The van der Waals surface area contributed by atoms with E-state index in [9.17, 15) is 14.4 Å². The average molecular weight is 400 g/mol. The van der Waals surface area contributed by atoms with Gasteiger partial charge in [0.1, 0.15) is 0 Å². The molecule has 1 aliphatic carbocycles. The number of fused-ring (bicyclic) bond motifs is 3. The van der Waals surface area contributed by atoms with Crippen LogP contribution in [0.3, 0.4) is 0 Å². The lowest BCUT2D eigenvalue weighted by atomic mass is 10.2. The van der Waals surface area contributed by atoms with Crippen LogP contribution in [0.15, 0.2) is 34.2 Å². The second kappa shape index (κ2) is 7.63. The molecule has 1 saturated carbocycles. The molecule has 3 amide bonds. The fourth-order valence-electron chi connectivity index (χ4n) is 3.49. The zero-order valence-corrected chi connectivity index (χ0v) is 16.2. The van der Waals surface area contributed by atoms with Crippen LogP contribution in [0.1, 0.15) is 25.7 Å². The molecule has 0 unspecified atom stereocenters. The van der Waals surface area contributed by atoms with Crippen molar-refractivity contribution in [3.63, 3.8) is 0 Å². The van der Waals surface area contributed by atoms with Crippen molar-refractivity contribution in [3.05, 3.63) is 34.6 Å². The van der Waals surface area contributed by atoms with Crippen molar-refractivity contribution < 1.29 is 9.59 Å². The second-order valence-electron chi connectivity index (χ2n) is 6.79. The molecule has 0 atom stereocenters. The molecule has 9 nitrogen and oxygen atoms in total. The first-order valence-electron chi connectivity index (χ1n) is 9.10. The minimum Gasteiger partial charge on any atom is -0.335 e. The number of urea groups is 1. The topological polar surface area (TPSA) is 110 Å². The molecule has 2 heterocycles. The number of amides is 3. The first-order chi connectivity index (χ1) is 13.5. The highest BCUT2D eigenvalue weighted by Gasteiger charge is 2.19. The lowest BCUT2D eigenvalue weighted by Gasteiger charge is -2.12. The van der Waals surface area contributed by atoms with Crippen LogP contribution in [0.2, 0.25) is 0 Å². The molecular weight excluding hydrogens is 380 g/mol. The Kier molecular flexibility index (Phi) is 5.03. The molecule has 2 aromatic heterocycles. The standard InChI is InChI=1S/C18H20N6O3S/c1-23-15(26)12-8-4-5-9-13(12)24-17(23)21-22-18(24)28-10-14(25)20-16(27)19-11-6-2-3-7-11/h4-5,8-9,11H,2-3,6-7,10H2,1H3,(H2,19,20,25,27). The molecule has 4 rings (SSSR count). The van der Waals surface area contributed by atoms with Gasteiger partial charge in [0, 0.05) is 13.1 Å². The van der Waals surface area contributed by atoms with E-state index < -0.39 is 11.9 Å². The van der Waals surface area contributed by atoms with Crippen LogP contribution in [0.5, 0.6) is 0 Å². The summed E-state index contributed by atoms with van der Waals surface area (Å²) < 4.78 is 3.17. The summed E-state index contributed by atoms with van der Waals surface area (Å²) in [5, 5.41) is 14.4. The number of benzene rings is 1. The molecule has 0 bridgehead atoms. The van der Waals surface area contributed by atoms with E-state index in [0.717, 1.165) is 37.4 Å². The highest BCUT2D eigenvalue weighted by Crippen LogP contribution is 2.21. The van der Waals surface area contributed by atoms with Gasteiger partial charge >= 0.3 is 6.03 Å². The van der Waals surface area contributed by atoms with Crippen LogP contribution >= 0.6 is 11.8 Å². The fraction of sp³-hybridized carbons (Fsp3) is 0.389. The van der Waals surface area contributed by atoms with Gasteiger partial charge in [-0.2, -0.15) is 0 Å². The molecule has 1 aromatic carbocycles. The number of nitrogens with one attached hydrogen (secondary N) is 2. The van der Waals surface area contributed by atoms with Gasteiger partial charge in [0.2, 0.25) is 11.7 Å². The monoisotopic (exact) mass is 400 g/mol. The van der Waals surface area contributed by atoms with E-state index in [2.05, 4.69) is 20.8 Å². The van der Waals surface area contributed by atoms with Crippen molar-refractivity contribution in [3.8, 4) is 0 Å². The second-order valence-corrected chi connectivity index (χ2v) is 7.73. The van der Waals surface area contributed by atoms with Gasteiger partial charge in [0.25, 0.3) is 5.56 Å². The van der Waals surface area contributed by atoms with E-state index in [1.165, 1.54) is 4.57 Å². The van der Waals surface area contributed by atoms with Crippen LogP contribution in [-0.4, -0.2) is 42.9 Å². The number of thioether (sulfide) groups is 1. The Bertz CT molecular complexity index is 1120. The van der Waals surface area contributed by atoms with Crippen molar-refractivity contribution in [2.24, 2.45) is 7.05 Å². The predicted molar refractivity (Wildman–Crippen MR) is 105 cm³/mol. The molecule has 0 aliphatic heterocycles. The first-order valence-corrected chi connectivity index (χ1v) is 10.1. The van der Waals surface area contributed by atoms with Crippen molar-refractivity contribution in [2.75, 3.05) is 5.75 Å². The zero-order chi connectivity index (χ0) is 19.7. The number of hydrogen-bond acceptors (Lipinski definition) is 6. The van der Waals surface area contributed by atoms with Crippen molar-refractivity contribution in [2.45, 2.75) is 36.9 Å². The molecule has 0 spiro atoms. The number of imide groups is 1. The first kappa shape index (κ1) is 18.5. The van der Waals surface area contributed by atoms with Gasteiger partial charge in [-0.05, 0) is 25.0 Å². The number of carbonyl (C=O) groups is 2. The molecule has 28 heavy (non-hydrogen) atoms. The largest absolute Gasteiger partial charge is 0.335 e. The lowest BCUT2D eigenvalue weighted by molar-refractivity contribution is -0.117. The summed E-state index contributed by atoms with van der Waals surface area (Å²) in [5.41, 5.74) is 0.515. The Morgan fingerprint density at radius 2 is 1.96 bits per heavy atom. The third kappa shape index (κ3) is 3.47. The van der Waals surface area contributed by atoms with Gasteiger partial charge in [-0.15, -0.1) is 10.2 Å². The highest BCUT2D eigenvalue weighted by atomic mass is 32.2. The summed E-state index contributed by atoms with van der Waals surface area (Å²) in [6.07, 6.45) is 4.11. The summed E-state index contributed by atoms with van der Waals surface area (Å²) >= 11 is 1.16. The lowest BCUT2D eigenvalue weighted by Crippen LogP contribution is -2.44. The fourth-order valence-corrected chi connectivity index (χ4v) is 4.23. The normalized spacial score (nSPS) is 14.6. The van der Waals surface area contributed by atoms with Crippen LogP contribution in [0, 0.1) is 0 Å². The molecule has 0 radical (unpaired) electrons. The summed E-state index contributed by atoms with van der Waals surface area (Å²) in [4.78, 5) is 36.5. The van der Waals surface area contributed by atoms with E-state index in [0.29, 0.717) is 21.8 Å². The minimum absolute atomic E-state index is 0.00997. The maximum atomic E-state index is 12.4. The molecular formula is C18H20N6O3S. The Balaban J connectivity index is 1.50. The van der Waals surface area contributed by atoms with Gasteiger partial charge in [-0.25, -0.2) is 4.79 Å². The van der Waals surface area contributed by atoms with Gasteiger partial charge in [0.05, 0.1) is 16.7 Å². The molecule has 10 heteroatoms. The van der Waals surface area contributed by atoms with E-state index in [1.54, 1.807) is 23.6 Å². The van der Waals surface area contributed by atoms with Gasteiger partial charge in [-0.1, -0.05) is 36.7 Å². The minimum atomic E-state index is -0.462.